The molecule has 2 aromatic heterocycles. The van der Waals surface area contributed by atoms with Gasteiger partial charge in [0.05, 0.1) is 11.4 Å². The van der Waals surface area contributed by atoms with E-state index >= 15 is 0 Å². The van der Waals surface area contributed by atoms with E-state index in [0.29, 0.717) is 12.6 Å². The Morgan fingerprint density at radius 1 is 1.05 bits per heavy atom. The van der Waals surface area contributed by atoms with E-state index in [-0.39, 0.29) is 5.91 Å². The average Bonchev–Trinajstić information content (AvgIpc) is 3.62. The smallest absolute Gasteiger partial charge is 0.475 e. The Hall–Kier alpha value is -3.92. The van der Waals surface area contributed by atoms with Gasteiger partial charge in [-0.25, -0.2) is 14.6 Å². The number of carbonyl (C=O) groups excluding carboxylic acids is 1. The minimum atomic E-state index is -5.08. The Bertz CT molecular complexity index is 1280. The van der Waals surface area contributed by atoms with E-state index in [1.165, 1.54) is 11.3 Å². The van der Waals surface area contributed by atoms with E-state index < -0.39 is 24.3 Å². The number of carbonyl (C=O) groups is 3. The first kappa shape index (κ1) is 32.3. The summed E-state index contributed by atoms with van der Waals surface area (Å²) in [5.74, 6) is -4.60. The third-order valence-electron chi connectivity index (χ3n) is 5.27. The van der Waals surface area contributed by atoms with Gasteiger partial charge >= 0.3 is 24.3 Å². The molecule has 4 N–H and O–H groups in total. The molecule has 4 rings (SSSR count). The summed E-state index contributed by atoms with van der Waals surface area (Å²) >= 11 is 1.58. The van der Waals surface area contributed by atoms with Crippen LogP contribution in [0.15, 0.2) is 48.8 Å². The van der Waals surface area contributed by atoms with Gasteiger partial charge in [0, 0.05) is 29.0 Å². The minimum absolute atomic E-state index is 0.0472. The monoisotopic (exact) mass is 594 g/mol. The molecule has 40 heavy (non-hydrogen) atoms. The van der Waals surface area contributed by atoms with Crippen molar-refractivity contribution in [2.45, 2.75) is 44.7 Å². The van der Waals surface area contributed by atoms with Crippen LogP contribution >= 0.6 is 11.3 Å². The molecule has 1 amide bonds. The quantitative estimate of drug-likeness (QED) is 0.297. The predicted octanol–water partition coefficient (Wildman–Crippen LogP) is 5.24. The molecule has 0 saturated carbocycles. The highest BCUT2D eigenvalue weighted by Crippen LogP contribution is 2.30. The number of aromatic nitrogens is 2. The highest BCUT2D eigenvalue weighted by molar-refractivity contribution is 7.14. The van der Waals surface area contributed by atoms with E-state index in [4.69, 9.17) is 19.8 Å². The third kappa shape index (κ3) is 10.00. The van der Waals surface area contributed by atoms with Crippen LogP contribution in [0.25, 0.3) is 0 Å². The second kappa shape index (κ2) is 13.9. The number of imidazole rings is 1. The number of para-hydroxylation sites is 1. The maximum Gasteiger partial charge on any atom is 0.490 e. The van der Waals surface area contributed by atoms with Gasteiger partial charge in [-0.1, -0.05) is 18.2 Å². The van der Waals surface area contributed by atoms with Crippen LogP contribution in [0.3, 0.4) is 0 Å². The van der Waals surface area contributed by atoms with Crippen molar-refractivity contribution in [2.75, 3.05) is 11.9 Å². The van der Waals surface area contributed by atoms with Crippen LogP contribution in [0.4, 0.5) is 32.0 Å². The fourth-order valence-corrected chi connectivity index (χ4v) is 4.32. The van der Waals surface area contributed by atoms with Crippen LogP contribution < -0.4 is 10.6 Å². The lowest BCUT2D eigenvalue weighted by Gasteiger charge is -2.12. The summed E-state index contributed by atoms with van der Waals surface area (Å²) in [5, 5.41) is 20.8. The second-order valence-corrected chi connectivity index (χ2v) is 9.29. The molecule has 0 bridgehead atoms. The number of anilines is 1. The number of halogens is 6. The summed E-state index contributed by atoms with van der Waals surface area (Å²) in [5.41, 5.74) is 1.91. The summed E-state index contributed by atoms with van der Waals surface area (Å²) in [6.07, 6.45) is -4.07. The van der Waals surface area contributed by atoms with Crippen LogP contribution in [-0.4, -0.2) is 56.5 Å². The van der Waals surface area contributed by atoms with E-state index in [1.807, 2.05) is 43.5 Å². The van der Waals surface area contributed by atoms with Crippen LogP contribution in [0, 0.1) is 6.92 Å². The fourth-order valence-electron chi connectivity index (χ4n) is 3.31. The zero-order valence-electron chi connectivity index (χ0n) is 20.7. The van der Waals surface area contributed by atoms with Gasteiger partial charge in [-0.15, -0.1) is 11.3 Å². The molecule has 3 heterocycles. The number of nitrogens with one attached hydrogen (secondary N) is 2. The zero-order chi connectivity index (χ0) is 30.1. The van der Waals surface area contributed by atoms with Crippen molar-refractivity contribution >= 4 is 34.9 Å². The lowest BCUT2D eigenvalue weighted by atomic mass is 10.1. The molecule has 9 nitrogen and oxygen atoms in total. The Kier molecular flexibility index (Phi) is 11.2. The van der Waals surface area contributed by atoms with Crippen molar-refractivity contribution in [1.29, 1.82) is 0 Å². The highest BCUT2D eigenvalue weighted by atomic mass is 32.1. The number of aryl methyl sites for hydroxylation is 1. The molecule has 218 valence electrons. The third-order valence-corrected chi connectivity index (χ3v) is 6.47. The lowest BCUT2D eigenvalue weighted by molar-refractivity contribution is -0.193. The molecule has 1 atom stereocenters. The molecular weight excluding hydrogens is 570 g/mol. The summed E-state index contributed by atoms with van der Waals surface area (Å²) in [6, 6.07) is 12.3. The topological polar surface area (TPSA) is 134 Å². The van der Waals surface area contributed by atoms with Gasteiger partial charge in [0.15, 0.2) is 0 Å². The second-order valence-electron chi connectivity index (χ2n) is 8.17. The number of carboxylic acids is 2. The normalized spacial score (nSPS) is 14.8. The fraction of sp³-hybridized carbons (Fsp3) is 0.333. The molecule has 1 aliphatic heterocycles. The van der Waals surface area contributed by atoms with Crippen molar-refractivity contribution in [3.05, 3.63) is 69.9 Å². The predicted molar refractivity (Wildman–Crippen MR) is 132 cm³/mol. The Balaban J connectivity index is 0.000000333. The number of nitrogens with zero attached hydrogens (tertiary/aromatic N) is 2. The standard InChI is InChI=1S/C20H22N4OS.2C2HF3O2/c1-14-21-11-12-24(14)13-15-5-2-3-6-16(15)23-20(25)19-9-8-18(26-19)17-7-4-10-22-17;2*3-2(4,5)1(6)7/h2-3,5-6,8-9,11-12,17,22H,4,7,10,13H2,1H3,(H,23,25);2*(H,6,7). The van der Waals surface area contributed by atoms with Crippen LogP contribution in [-0.2, 0) is 16.1 Å². The average molecular weight is 595 g/mol. The number of hydrogen-bond acceptors (Lipinski definition) is 6. The van der Waals surface area contributed by atoms with Gasteiger partial charge < -0.3 is 25.4 Å². The maximum absolute atomic E-state index is 12.7. The molecule has 1 aromatic carbocycles. The maximum atomic E-state index is 12.7. The highest BCUT2D eigenvalue weighted by Gasteiger charge is 2.38. The molecular formula is C24H24F6N4O5S. The van der Waals surface area contributed by atoms with Crippen molar-refractivity contribution in [2.24, 2.45) is 0 Å². The van der Waals surface area contributed by atoms with Gasteiger partial charge in [-0.3, -0.25) is 4.79 Å². The first-order valence-electron chi connectivity index (χ1n) is 11.4. The van der Waals surface area contributed by atoms with Gasteiger partial charge in [0.1, 0.15) is 5.82 Å². The van der Waals surface area contributed by atoms with Crippen molar-refractivity contribution in [3.8, 4) is 0 Å². The number of carboxylic acid groups (broad SMARTS) is 2. The molecule has 1 fully saturated rings. The van der Waals surface area contributed by atoms with Gasteiger partial charge in [-0.2, -0.15) is 26.3 Å². The van der Waals surface area contributed by atoms with E-state index in [0.717, 1.165) is 34.9 Å². The molecule has 1 aliphatic rings. The van der Waals surface area contributed by atoms with Crippen molar-refractivity contribution < 1.29 is 50.9 Å². The molecule has 0 spiro atoms. The summed E-state index contributed by atoms with van der Waals surface area (Å²) in [4.78, 5) is 36.8. The number of aliphatic carboxylic acids is 2. The minimum Gasteiger partial charge on any atom is -0.475 e. The Morgan fingerprint density at radius 2 is 1.65 bits per heavy atom. The van der Waals surface area contributed by atoms with Gasteiger partial charge in [0.25, 0.3) is 5.91 Å². The number of thiophene rings is 1. The van der Waals surface area contributed by atoms with Crippen LogP contribution in [0.5, 0.6) is 0 Å². The number of amides is 1. The van der Waals surface area contributed by atoms with Crippen LogP contribution in [0.2, 0.25) is 0 Å². The molecule has 0 aliphatic carbocycles. The molecule has 0 radical (unpaired) electrons. The Labute approximate surface area is 227 Å². The summed E-state index contributed by atoms with van der Waals surface area (Å²) in [6.45, 7) is 3.72. The van der Waals surface area contributed by atoms with Crippen LogP contribution in [0.1, 0.15) is 44.8 Å². The number of rotatable bonds is 5. The SMILES string of the molecule is Cc1nccn1Cc1ccccc1NC(=O)c1ccc(C2CCCN2)s1.O=C(O)C(F)(F)F.O=C(O)C(F)(F)F. The number of benzene rings is 1. The zero-order valence-corrected chi connectivity index (χ0v) is 21.5. The number of hydrogen-bond donors (Lipinski definition) is 4. The largest absolute Gasteiger partial charge is 0.490 e. The van der Waals surface area contributed by atoms with E-state index in [9.17, 15) is 31.1 Å². The van der Waals surface area contributed by atoms with Crippen molar-refractivity contribution in [1.82, 2.24) is 14.9 Å². The summed E-state index contributed by atoms with van der Waals surface area (Å²) in [7, 11) is 0. The molecule has 3 aromatic rings. The first-order valence-corrected chi connectivity index (χ1v) is 12.2. The van der Waals surface area contributed by atoms with Crippen molar-refractivity contribution in [3.63, 3.8) is 0 Å². The number of alkyl halides is 6. The molecule has 1 saturated heterocycles. The summed E-state index contributed by atoms with van der Waals surface area (Å²) < 4.78 is 65.5. The molecule has 16 heteroatoms. The van der Waals surface area contributed by atoms with Gasteiger partial charge in [-0.05, 0) is 50.1 Å². The van der Waals surface area contributed by atoms with E-state index in [1.54, 1.807) is 17.5 Å². The Morgan fingerprint density at radius 3 is 2.15 bits per heavy atom. The lowest BCUT2D eigenvalue weighted by Crippen LogP contribution is -2.21. The first-order chi connectivity index (χ1) is 18.6. The van der Waals surface area contributed by atoms with Gasteiger partial charge in [0.2, 0.25) is 0 Å². The van der Waals surface area contributed by atoms with E-state index in [2.05, 4.69) is 26.3 Å². The molecule has 1 unspecified atom stereocenters.